The maximum absolute atomic E-state index is 15.8. The van der Waals surface area contributed by atoms with Gasteiger partial charge >= 0.3 is 0 Å². The molecule has 0 aromatic heterocycles. The number of rotatable bonds is 24. The van der Waals surface area contributed by atoms with Gasteiger partial charge in [0.2, 0.25) is 0 Å². The minimum atomic E-state index is -0.242. The molecule has 4 atom stereocenters. The molecule has 4 saturated heterocycles. The summed E-state index contributed by atoms with van der Waals surface area (Å²) in [6, 6.07) is 39.5. The molecule has 5 aliphatic rings. The number of benzene rings is 6. The monoisotopic (exact) mass is 1090 g/mol. The number of ketones is 2. The lowest BCUT2D eigenvalue weighted by Gasteiger charge is -2.29. The van der Waals surface area contributed by atoms with E-state index in [1.165, 1.54) is 0 Å². The van der Waals surface area contributed by atoms with Crippen molar-refractivity contribution in [1.82, 2.24) is 19.6 Å². The number of hydrogen-bond acceptors (Lipinski definition) is 18. The Morgan fingerprint density at radius 1 is 0.350 bits per heavy atom. The highest BCUT2D eigenvalue weighted by Gasteiger charge is 2.39. The second-order valence-corrected chi connectivity index (χ2v) is 20.3. The van der Waals surface area contributed by atoms with Crippen molar-refractivity contribution >= 4 is 34.3 Å². The van der Waals surface area contributed by atoms with Crippen LogP contribution in [-0.4, -0.2) is 165 Å². The fourth-order valence-corrected chi connectivity index (χ4v) is 11.6. The van der Waals surface area contributed by atoms with Crippen LogP contribution in [0.5, 0.6) is 23.0 Å². The van der Waals surface area contributed by atoms with Crippen LogP contribution in [0, 0.1) is 0 Å². The standard InChI is InChI=1S/C62H72N8O10/c1-73-45-13-5-41(6-14-45)59-67(33-37-77-59)29-25-63-49-21-22-50(64-26-30-68-34-38-78-60(68)42-7-15-46(74-2)16-8-42)54-53(49)57(71)55-51(65-27-31-69-35-39-79-61(69)43-9-17-47(75-3)18-10-43)23-24-52(56(55)58(54)72)66-28-32-70-36-40-80-62(70)44-11-19-48(76-4)20-12-44/h5-24,59-66H,25-40H2,1-4H3. The highest BCUT2D eigenvalue weighted by atomic mass is 16.5. The molecule has 11 rings (SSSR count). The molecule has 0 spiro atoms. The van der Waals surface area contributed by atoms with Crippen LogP contribution >= 0.6 is 0 Å². The average Bonchev–Trinajstić information content (AvgIpc) is 4.43. The summed E-state index contributed by atoms with van der Waals surface area (Å²) in [7, 11) is 6.63. The lowest BCUT2D eigenvalue weighted by Crippen LogP contribution is -2.33. The number of hydrogen-bond donors (Lipinski definition) is 4. The van der Waals surface area contributed by atoms with Gasteiger partial charge in [0, 0.05) is 101 Å². The fraction of sp³-hybridized carbons (Fsp3) is 0.387. The van der Waals surface area contributed by atoms with Crippen molar-refractivity contribution in [3.8, 4) is 23.0 Å². The van der Waals surface area contributed by atoms with Crippen LogP contribution in [0.25, 0.3) is 0 Å². The SMILES string of the molecule is COc1ccc(C2OCCN2CCNc2ccc(NCCN3CCOC3c3ccc(OC)cc3)c3c2C(=O)c2c(NCCN4CCOC4c4ccc(OC)cc4)ccc(NCCN4CCOC4c4ccc(OC)cc4)c2C3=O)cc1. The number of anilines is 4. The molecule has 0 bridgehead atoms. The van der Waals surface area contributed by atoms with Crippen LogP contribution in [0.4, 0.5) is 22.7 Å². The van der Waals surface area contributed by atoms with Crippen LogP contribution in [0.2, 0.25) is 0 Å². The van der Waals surface area contributed by atoms with E-state index in [0.717, 1.165) is 71.4 Å². The van der Waals surface area contributed by atoms with Gasteiger partial charge in [-0.2, -0.15) is 0 Å². The first-order chi connectivity index (χ1) is 39.3. The van der Waals surface area contributed by atoms with Crippen molar-refractivity contribution in [3.05, 3.63) is 166 Å². The molecule has 4 aliphatic heterocycles. The predicted molar refractivity (Wildman–Crippen MR) is 307 cm³/mol. The molecule has 6 aromatic rings. The molecule has 0 amide bonds. The van der Waals surface area contributed by atoms with Gasteiger partial charge < -0.3 is 59.2 Å². The number of ether oxygens (including phenoxy) is 8. The molecule has 18 nitrogen and oxygen atoms in total. The maximum atomic E-state index is 15.8. The number of methoxy groups -OCH3 is 4. The molecule has 18 heteroatoms. The Hall–Kier alpha value is -7.26. The Labute approximate surface area is 468 Å². The lowest BCUT2D eigenvalue weighted by atomic mass is 9.80. The summed E-state index contributed by atoms with van der Waals surface area (Å²) in [6.45, 7) is 9.79. The molecule has 4 heterocycles. The van der Waals surface area contributed by atoms with Crippen LogP contribution in [-0.2, 0) is 18.9 Å². The number of nitrogens with one attached hydrogen (secondary N) is 4. The van der Waals surface area contributed by atoms with Crippen molar-refractivity contribution in [3.63, 3.8) is 0 Å². The predicted octanol–water partition coefficient (Wildman–Crippen LogP) is 8.27. The minimum Gasteiger partial charge on any atom is -0.497 e. The van der Waals surface area contributed by atoms with Gasteiger partial charge in [-0.15, -0.1) is 0 Å². The molecule has 4 N–H and O–H groups in total. The molecule has 6 aromatic carbocycles. The Morgan fingerprint density at radius 3 is 0.762 bits per heavy atom. The molecule has 80 heavy (non-hydrogen) atoms. The smallest absolute Gasteiger partial charge is 0.198 e. The number of carbonyl (C=O) groups is 2. The average molecular weight is 1090 g/mol. The van der Waals surface area contributed by atoms with E-state index in [0.29, 0.717) is 124 Å². The molecule has 0 radical (unpaired) electrons. The summed E-state index contributed by atoms with van der Waals surface area (Å²) >= 11 is 0. The van der Waals surface area contributed by atoms with Gasteiger partial charge in [0.1, 0.15) is 47.9 Å². The molecule has 4 unspecified atom stereocenters. The highest BCUT2D eigenvalue weighted by molar-refractivity contribution is 6.35. The third-order valence-electron chi connectivity index (χ3n) is 15.7. The molecule has 0 saturated carbocycles. The third kappa shape index (κ3) is 11.8. The molecular weight excluding hydrogens is 1020 g/mol. The first-order valence-electron chi connectivity index (χ1n) is 27.7. The van der Waals surface area contributed by atoms with Gasteiger partial charge in [-0.05, 0) is 95.1 Å². The Morgan fingerprint density at radius 2 is 0.562 bits per heavy atom. The third-order valence-corrected chi connectivity index (χ3v) is 15.7. The largest absolute Gasteiger partial charge is 0.497 e. The van der Waals surface area contributed by atoms with E-state index >= 15 is 9.59 Å². The van der Waals surface area contributed by atoms with Crippen LogP contribution in [0.1, 0.15) is 79.0 Å². The van der Waals surface area contributed by atoms with E-state index in [2.05, 4.69) is 40.9 Å². The summed E-state index contributed by atoms with van der Waals surface area (Å²) in [4.78, 5) is 40.8. The van der Waals surface area contributed by atoms with Crippen LogP contribution < -0.4 is 40.2 Å². The maximum Gasteiger partial charge on any atom is 0.198 e. The van der Waals surface area contributed by atoms with Crippen molar-refractivity contribution in [2.45, 2.75) is 24.9 Å². The first kappa shape index (κ1) is 54.7. The van der Waals surface area contributed by atoms with Gasteiger partial charge in [0.15, 0.2) is 11.6 Å². The van der Waals surface area contributed by atoms with Crippen molar-refractivity contribution in [2.75, 3.05) is 155 Å². The number of carbonyl (C=O) groups excluding carboxylic acids is 2. The topological polar surface area (TPSA) is 169 Å². The second-order valence-electron chi connectivity index (χ2n) is 20.3. The van der Waals surface area contributed by atoms with Crippen molar-refractivity contribution in [1.29, 1.82) is 0 Å². The Bertz CT molecular complexity index is 2670. The van der Waals surface area contributed by atoms with Gasteiger partial charge in [-0.3, -0.25) is 29.2 Å². The Kier molecular flexibility index (Phi) is 17.4. The van der Waals surface area contributed by atoms with E-state index in [9.17, 15) is 0 Å². The van der Waals surface area contributed by atoms with E-state index in [1.807, 2.05) is 121 Å². The minimum absolute atomic E-state index is 0.229. The normalized spacial score (nSPS) is 20.4. The fourth-order valence-electron chi connectivity index (χ4n) is 11.6. The zero-order valence-corrected chi connectivity index (χ0v) is 46.0. The second kappa shape index (κ2) is 25.5. The summed E-state index contributed by atoms with van der Waals surface area (Å²) < 4.78 is 46.6. The Balaban J connectivity index is 0.886. The van der Waals surface area contributed by atoms with E-state index in [-0.39, 0.29) is 36.5 Å². The van der Waals surface area contributed by atoms with Gasteiger partial charge in [0.25, 0.3) is 0 Å². The van der Waals surface area contributed by atoms with Crippen molar-refractivity contribution in [2.24, 2.45) is 0 Å². The van der Waals surface area contributed by atoms with E-state index in [4.69, 9.17) is 37.9 Å². The number of fused-ring (bicyclic) bond motifs is 2. The van der Waals surface area contributed by atoms with Crippen LogP contribution in [0.15, 0.2) is 121 Å². The van der Waals surface area contributed by atoms with Gasteiger partial charge in [0.05, 0.1) is 77.1 Å². The summed E-state index contributed by atoms with van der Waals surface area (Å²) in [5, 5.41) is 14.5. The van der Waals surface area contributed by atoms with E-state index in [1.54, 1.807) is 28.4 Å². The van der Waals surface area contributed by atoms with E-state index < -0.39 is 0 Å². The van der Waals surface area contributed by atoms with Gasteiger partial charge in [-0.25, -0.2) is 0 Å². The number of nitrogens with zero attached hydrogens (tertiary/aromatic N) is 4. The zero-order chi connectivity index (χ0) is 55.0. The molecular formula is C62H72N8O10. The van der Waals surface area contributed by atoms with Crippen molar-refractivity contribution < 1.29 is 47.5 Å². The quantitative estimate of drug-likeness (QED) is 0.0456. The lowest BCUT2D eigenvalue weighted by molar-refractivity contribution is 0.0345. The molecule has 4 fully saturated rings. The summed E-state index contributed by atoms with van der Waals surface area (Å²) in [5.74, 6) is 2.64. The summed E-state index contributed by atoms with van der Waals surface area (Å²) in [5.41, 5.74) is 7.82. The highest BCUT2D eigenvalue weighted by Crippen LogP contribution is 2.43. The molecule has 420 valence electrons. The van der Waals surface area contributed by atoms with Gasteiger partial charge in [-0.1, -0.05) is 48.5 Å². The van der Waals surface area contributed by atoms with Crippen LogP contribution in [0.3, 0.4) is 0 Å². The molecule has 1 aliphatic carbocycles. The first-order valence-corrected chi connectivity index (χ1v) is 27.7. The zero-order valence-electron chi connectivity index (χ0n) is 46.0. The summed E-state index contributed by atoms with van der Waals surface area (Å²) in [6.07, 6.45) is -0.914.